The van der Waals surface area contributed by atoms with Gasteiger partial charge in [-0.3, -0.25) is 0 Å². The van der Waals surface area contributed by atoms with Crippen LogP contribution in [0.4, 0.5) is 0 Å². The van der Waals surface area contributed by atoms with Crippen LogP contribution in [0.2, 0.25) is 0 Å². The molecule has 2 heteroatoms. The zero-order valence-corrected chi connectivity index (χ0v) is 8.27. The van der Waals surface area contributed by atoms with E-state index < -0.39 is 0 Å². The Hall–Kier alpha value is -0.550. The molecule has 0 aromatic heterocycles. The molecule has 12 heavy (non-hydrogen) atoms. The summed E-state index contributed by atoms with van der Waals surface area (Å²) in [4.78, 5) is 1.84. The Bertz CT molecular complexity index is 120. The molecule has 1 aliphatic heterocycles. The van der Waals surface area contributed by atoms with Crippen molar-refractivity contribution < 1.29 is 4.90 Å². The van der Waals surface area contributed by atoms with E-state index in [9.17, 15) is 0 Å². The Labute approximate surface area is 76.2 Å². The van der Waals surface area contributed by atoms with Crippen LogP contribution in [0.5, 0.6) is 0 Å². The fourth-order valence-corrected chi connectivity index (χ4v) is 1.95. The van der Waals surface area contributed by atoms with Crippen molar-refractivity contribution in [2.45, 2.75) is 33.1 Å². The van der Waals surface area contributed by atoms with Crippen molar-refractivity contribution >= 4 is 0 Å². The van der Waals surface area contributed by atoms with Crippen molar-refractivity contribution in [2.24, 2.45) is 5.92 Å². The molecule has 1 heterocycles. The van der Waals surface area contributed by atoms with Gasteiger partial charge in [-0.15, -0.1) is 0 Å². The standard InChI is InChI=1S/C9H19N.CN/c1-3-6-10-7-5-9(4-2)8-10;1-2/h9H,3-8H2,1-2H3;/q;-1/p+1. The minimum Gasteiger partial charge on any atom is -0.512 e. The van der Waals surface area contributed by atoms with E-state index in [0.29, 0.717) is 0 Å². The van der Waals surface area contributed by atoms with Crippen molar-refractivity contribution in [1.29, 1.82) is 5.26 Å². The van der Waals surface area contributed by atoms with Gasteiger partial charge in [0.2, 0.25) is 0 Å². The number of nitrogens with zero attached hydrogens (tertiary/aromatic N) is 1. The van der Waals surface area contributed by atoms with Crippen LogP contribution in [0, 0.1) is 17.8 Å². The van der Waals surface area contributed by atoms with E-state index in [0.717, 1.165) is 5.92 Å². The number of quaternary nitrogens is 1. The molecule has 0 radical (unpaired) electrons. The van der Waals surface area contributed by atoms with Crippen LogP contribution in [-0.2, 0) is 0 Å². The van der Waals surface area contributed by atoms with Gasteiger partial charge in [0.05, 0.1) is 19.6 Å². The Morgan fingerprint density at radius 3 is 2.50 bits per heavy atom. The molecule has 1 rings (SSSR count). The molecule has 1 N–H and O–H groups in total. The zero-order valence-electron chi connectivity index (χ0n) is 8.27. The van der Waals surface area contributed by atoms with E-state index >= 15 is 0 Å². The van der Waals surface area contributed by atoms with Crippen molar-refractivity contribution in [2.75, 3.05) is 19.6 Å². The van der Waals surface area contributed by atoms with Gasteiger partial charge in [-0.05, 0) is 12.8 Å². The van der Waals surface area contributed by atoms with Gasteiger partial charge in [0.25, 0.3) is 0 Å². The minimum atomic E-state index is 1.04. The molecule has 0 spiro atoms. The van der Waals surface area contributed by atoms with Gasteiger partial charge in [0.15, 0.2) is 0 Å². The SMILES string of the molecule is CCC[NH+]1CCC(CC)C1.[C-]#N. The van der Waals surface area contributed by atoms with Crippen molar-refractivity contribution in [3.05, 3.63) is 6.57 Å². The molecule has 70 valence electrons. The van der Waals surface area contributed by atoms with E-state index in [4.69, 9.17) is 11.8 Å². The van der Waals surface area contributed by atoms with Crippen molar-refractivity contribution in [3.63, 3.8) is 0 Å². The third-order valence-electron chi connectivity index (χ3n) is 2.66. The lowest BCUT2D eigenvalue weighted by Crippen LogP contribution is -3.10. The highest BCUT2D eigenvalue weighted by Crippen LogP contribution is 2.07. The van der Waals surface area contributed by atoms with E-state index in [1.807, 2.05) is 4.90 Å². The Kier molecular flexibility index (Phi) is 6.79. The first-order valence-electron chi connectivity index (χ1n) is 4.92. The van der Waals surface area contributed by atoms with Crippen molar-refractivity contribution in [3.8, 4) is 0 Å². The van der Waals surface area contributed by atoms with Crippen molar-refractivity contribution in [1.82, 2.24) is 0 Å². The van der Waals surface area contributed by atoms with Gasteiger partial charge in [0.1, 0.15) is 0 Å². The molecule has 0 aromatic rings. The average Bonchev–Trinajstić information content (AvgIpc) is 2.57. The maximum atomic E-state index is 6.25. The molecule has 1 saturated heterocycles. The lowest BCUT2D eigenvalue weighted by molar-refractivity contribution is -0.889. The van der Waals surface area contributed by atoms with Gasteiger partial charge < -0.3 is 16.7 Å². The summed E-state index contributed by atoms with van der Waals surface area (Å²) in [6, 6.07) is 0. The molecule has 0 bridgehead atoms. The van der Waals surface area contributed by atoms with Crippen LogP contribution < -0.4 is 4.90 Å². The second-order valence-electron chi connectivity index (χ2n) is 3.52. The topological polar surface area (TPSA) is 28.2 Å². The Balaban J connectivity index is 0.000000561. The van der Waals surface area contributed by atoms with E-state index in [1.54, 1.807) is 0 Å². The molecule has 2 atom stereocenters. The molecule has 0 aromatic carbocycles. The molecule has 1 fully saturated rings. The van der Waals surface area contributed by atoms with Crippen LogP contribution in [0.25, 0.3) is 0 Å². The lowest BCUT2D eigenvalue weighted by Gasteiger charge is -2.10. The van der Waals surface area contributed by atoms with E-state index in [-0.39, 0.29) is 0 Å². The molecule has 2 nitrogen and oxygen atoms in total. The van der Waals surface area contributed by atoms with Gasteiger partial charge in [-0.1, -0.05) is 13.8 Å². The number of nitrogens with one attached hydrogen (secondary N) is 1. The van der Waals surface area contributed by atoms with Crippen LogP contribution >= 0.6 is 0 Å². The maximum Gasteiger partial charge on any atom is 0.0801 e. The summed E-state index contributed by atoms with van der Waals surface area (Å²) < 4.78 is 0. The monoisotopic (exact) mass is 168 g/mol. The summed E-state index contributed by atoms with van der Waals surface area (Å²) in [5.74, 6) is 1.04. The first-order valence-corrected chi connectivity index (χ1v) is 4.92. The molecular weight excluding hydrogens is 148 g/mol. The highest BCUT2D eigenvalue weighted by molar-refractivity contribution is 4.59. The fourth-order valence-electron chi connectivity index (χ4n) is 1.95. The van der Waals surface area contributed by atoms with Gasteiger partial charge in [-0.25, -0.2) is 0 Å². The first-order chi connectivity index (χ1) is 5.86. The normalized spacial score (nSPS) is 27.7. The minimum absolute atomic E-state index is 1.04. The largest absolute Gasteiger partial charge is 0.512 e. The predicted molar refractivity (Wildman–Crippen MR) is 49.2 cm³/mol. The predicted octanol–water partition coefficient (Wildman–Crippen LogP) is 0.808. The maximum absolute atomic E-state index is 6.25. The third-order valence-corrected chi connectivity index (χ3v) is 2.66. The Morgan fingerprint density at radius 1 is 1.42 bits per heavy atom. The molecule has 1 aliphatic rings. The number of hydrogen-bond acceptors (Lipinski definition) is 1. The summed E-state index contributed by atoms with van der Waals surface area (Å²) >= 11 is 0. The van der Waals surface area contributed by atoms with Crippen LogP contribution in [0.15, 0.2) is 0 Å². The summed E-state index contributed by atoms with van der Waals surface area (Å²) in [6.45, 7) is 13.6. The zero-order chi connectivity index (χ0) is 9.40. The molecule has 0 amide bonds. The van der Waals surface area contributed by atoms with E-state index in [1.165, 1.54) is 38.9 Å². The van der Waals surface area contributed by atoms with Gasteiger partial charge in [-0.2, -0.15) is 0 Å². The van der Waals surface area contributed by atoms with E-state index in [2.05, 4.69) is 13.8 Å². The van der Waals surface area contributed by atoms with Crippen LogP contribution in [0.1, 0.15) is 33.1 Å². The smallest absolute Gasteiger partial charge is 0.0801 e. The van der Waals surface area contributed by atoms with Crippen LogP contribution in [-0.4, -0.2) is 19.6 Å². The highest BCUT2D eigenvalue weighted by atomic mass is 15.1. The van der Waals surface area contributed by atoms with Gasteiger partial charge >= 0.3 is 0 Å². The second kappa shape index (κ2) is 7.12. The molecule has 0 aliphatic carbocycles. The average molecular weight is 168 g/mol. The molecular formula is C10H20N2. The quantitative estimate of drug-likeness (QED) is 0.621. The summed E-state index contributed by atoms with van der Waals surface area (Å²) in [5, 5.41) is 6.25. The summed E-state index contributed by atoms with van der Waals surface area (Å²) in [6.07, 6.45) is 4.23. The lowest BCUT2D eigenvalue weighted by atomic mass is 10.1. The number of rotatable bonds is 3. The summed E-state index contributed by atoms with van der Waals surface area (Å²) in [5.41, 5.74) is 0. The fraction of sp³-hybridized carbons (Fsp3) is 0.900. The first kappa shape index (κ1) is 11.4. The molecule has 2 unspecified atom stereocenters. The van der Waals surface area contributed by atoms with Crippen LogP contribution in [0.3, 0.4) is 0 Å². The Morgan fingerprint density at radius 2 is 2.08 bits per heavy atom. The third kappa shape index (κ3) is 3.73. The second-order valence-corrected chi connectivity index (χ2v) is 3.52. The summed E-state index contributed by atoms with van der Waals surface area (Å²) in [7, 11) is 0. The number of hydrogen-bond donors (Lipinski definition) is 1. The number of likely N-dealkylation sites (tertiary alicyclic amines) is 1. The highest BCUT2D eigenvalue weighted by Gasteiger charge is 2.23. The van der Waals surface area contributed by atoms with Gasteiger partial charge in [0, 0.05) is 12.3 Å². The molecule has 0 saturated carbocycles.